The van der Waals surface area contributed by atoms with Crippen LogP contribution in [0, 0.1) is 0 Å². The molecule has 0 amide bonds. The van der Waals surface area contributed by atoms with E-state index in [1.165, 1.54) is 0 Å². The maximum Gasteiger partial charge on any atom is 0.102 e. The quantitative estimate of drug-likeness (QED) is 0.411. The molecule has 0 bridgehead atoms. The zero-order valence-electron chi connectivity index (χ0n) is 10.5. The van der Waals surface area contributed by atoms with Gasteiger partial charge in [0, 0.05) is 0 Å². The number of quaternary nitrogens is 1. The van der Waals surface area contributed by atoms with E-state index < -0.39 is 0 Å². The highest BCUT2D eigenvalue weighted by Gasteiger charge is 2.13. The van der Waals surface area contributed by atoms with Gasteiger partial charge in [-0.25, -0.2) is 0 Å². The number of halogens is 1. The average Bonchev–Trinajstić information content (AvgIpc) is 2.20. The minimum absolute atomic E-state index is 0. The molecular formula is C12H22BrN3O. The number of nitrogen functional groups attached to an aromatic ring is 1. The second-order valence-corrected chi connectivity index (χ2v) is 4.62. The van der Waals surface area contributed by atoms with E-state index in [0.29, 0.717) is 0 Å². The fourth-order valence-corrected chi connectivity index (χ4v) is 1.53. The Labute approximate surface area is 114 Å². The van der Waals surface area contributed by atoms with Crippen molar-refractivity contribution in [2.24, 2.45) is 0 Å². The molecule has 0 aromatic heterocycles. The lowest BCUT2D eigenvalue weighted by molar-refractivity contribution is -0.888. The Bertz CT molecular complexity index is 331. The number of para-hydroxylation sites is 2. The minimum Gasteiger partial charge on any atom is -1.00 e. The van der Waals surface area contributed by atoms with Gasteiger partial charge in [0.15, 0.2) is 0 Å². The third-order valence-electron chi connectivity index (χ3n) is 2.70. The third kappa shape index (κ3) is 5.91. The van der Waals surface area contributed by atoms with E-state index in [0.717, 1.165) is 35.5 Å². The first kappa shape index (κ1) is 16.2. The molecule has 0 radical (unpaired) electrons. The molecule has 1 aromatic rings. The molecule has 0 aliphatic rings. The Balaban J connectivity index is 0.00000256. The Morgan fingerprint density at radius 1 is 1.24 bits per heavy atom. The number of nitrogens with two attached hydrogens (primary N) is 1. The van der Waals surface area contributed by atoms with Crippen molar-refractivity contribution in [3.63, 3.8) is 0 Å². The van der Waals surface area contributed by atoms with Crippen LogP contribution >= 0.6 is 0 Å². The zero-order chi connectivity index (χ0) is 12.0. The van der Waals surface area contributed by atoms with E-state index in [-0.39, 0.29) is 23.6 Å². The predicted octanol–water partition coefficient (Wildman–Crippen LogP) is -2.25. The molecule has 0 fully saturated rings. The number of hydrogen-bond donors (Lipinski definition) is 3. The SMILES string of the molecule is C[N+](C)(CCO)CCNc1ccccc1N.[Br-]. The van der Waals surface area contributed by atoms with Crippen molar-refractivity contribution in [2.45, 2.75) is 0 Å². The molecule has 0 aliphatic carbocycles. The van der Waals surface area contributed by atoms with Gasteiger partial charge in [0.05, 0.1) is 45.2 Å². The van der Waals surface area contributed by atoms with E-state index in [1.807, 2.05) is 24.3 Å². The summed E-state index contributed by atoms with van der Waals surface area (Å²) in [5, 5.41) is 12.2. The standard InChI is InChI=1S/C12H22N3O.BrH/c1-15(2,9-10-16)8-7-14-12-6-4-3-5-11(12)13;/h3-6,14,16H,7-10,13H2,1-2H3;1H/q+1;/p-1. The summed E-state index contributed by atoms with van der Waals surface area (Å²) in [5.41, 5.74) is 7.57. The Kier molecular flexibility index (Phi) is 7.18. The molecule has 0 saturated heterocycles. The Morgan fingerprint density at radius 3 is 2.47 bits per heavy atom. The molecule has 0 aliphatic heterocycles. The number of aliphatic hydroxyl groups excluding tert-OH is 1. The van der Waals surface area contributed by atoms with Crippen LogP contribution in [0.3, 0.4) is 0 Å². The summed E-state index contributed by atoms with van der Waals surface area (Å²) in [6.07, 6.45) is 0. The second-order valence-electron chi connectivity index (χ2n) is 4.62. The van der Waals surface area contributed by atoms with Crippen LogP contribution in [-0.4, -0.2) is 49.9 Å². The maximum absolute atomic E-state index is 8.91. The first-order valence-corrected chi connectivity index (χ1v) is 5.56. The smallest absolute Gasteiger partial charge is 0.102 e. The van der Waals surface area contributed by atoms with Gasteiger partial charge in [-0.15, -0.1) is 0 Å². The van der Waals surface area contributed by atoms with Crippen molar-refractivity contribution in [1.82, 2.24) is 0 Å². The summed E-state index contributed by atoms with van der Waals surface area (Å²) in [6.45, 7) is 2.79. The fourth-order valence-electron chi connectivity index (χ4n) is 1.53. The van der Waals surface area contributed by atoms with Gasteiger partial charge in [0.25, 0.3) is 0 Å². The van der Waals surface area contributed by atoms with Crippen molar-refractivity contribution in [2.75, 3.05) is 51.4 Å². The van der Waals surface area contributed by atoms with Crippen LogP contribution in [0.4, 0.5) is 11.4 Å². The molecule has 0 heterocycles. The summed E-state index contributed by atoms with van der Waals surface area (Å²) in [6, 6.07) is 7.75. The van der Waals surface area contributed by atoms with Gasteiger partial charge >= 0.3 is 0 Å². The number of nitrogens with zero attached hydrogens (tertiary/aromatic N) is 1. The zero-order valence-corrected chi connectivity index (χ0v) is 12.1. The molecule has 0 atom stereocenters. The average molecular weight is 304 g/mol. The molecule has 4 N–H and O–H groups in total. The summed E-state index contributed by atoms with van der Waals surface area (Å²) >= 11 is 0. The molecule has 0 unspecified atom stereocenters. The third-order valence-corrected chi connectivity index (χ3v) is 2.70. The van der Waals surface area contributed by atoms with Gasteiger partial charge in [-0.1, -0.05) is 12.1 Å². The highest BCUT2D eigenvalue weighted by molar-refractivity contribution is 5.65. The van der Waals surface area contributed by atoms with E-state index >= 15 is 0 Å². The second kappa shape index (κ2) is 7.53. The first-order valence-electron chi connectivity index (χ1n) is 5.56. The predicted molar refractivity (Wildman–Crippen MR) is 68.3 cm³/mol. The number of nitrogens with one attached hydrogen (secondary N) is 1. The Morgan fingerprint density at radius 2 is 1.88 bits per heavy atom. The van der Waals surface area contributed by atoms with Gasteiger partial charge < -0.3 is 37.6 Å². The van der Waals surface area contributed by atoms with Crippen LogP contribution in [0.5, 0.6) is 0 Å². The van der Waals surface area contributed by atoms with E-state index in [9.17, 15) is 0 Å². The van der Waals surface area contributed by atoms with Crippen LogP contribution in [0.25, 0.3) is 0 Å². The normalized spacial score (nSPS) is 10.8. The van der Waals surface area contributed by atoms with Crippen LogP contribution in [-0.2, 0) is 0 Å². The van der Waals surface area contributed by atoms with Crippen LogP contribution < -0.4 is 28.0 Å². The molecule has 0 saturated carbocycles. The number of likely N-dealkylation sites (N-methyl/N-ethyl adjacent to an activating group) is 1. The van der Waals surface area contributed by atoms with Gasteiger partial charge in [-0.05, 0) is 12.1 Å². The van der Waals surface area contributed by atoms with Gasteiger partial charge in [0.1, 0.15) is 6.54 Å². The first-order chi connectivity index (χ1) is 7.55. The van der Waals surface area contributed by atoms with Gasteiger partial charge in [-0.2, -0.15) is 0 Å². The molecule has 98 valence electrons. The van der Waals surface area contributed by atoms with Crippen molar-refractivity contribution in [3.8, 4) is 0 Å². The van der Waals surface area contributed by atoms with E-state index in [4.69, 9.17) is 10.8 Å². The van der Waals surface area contributed by atoms with Crippen molar-refractivity contribution in [1.29, 1.82) is 0 Å². The highest BCUT2D eigenvalue weighted by Crippen LogP contribution is 2.16. The number of anilines is 2. The lowest BCUT2D eigenvalue weighted by Crippen LogP contribution is -3.00. The minimum atomic E-state index is 0. The molecule has 17 heavy (non-hydrogen) atoms. The van der Waals surface area contributed by atoms with Gasteiger partial charge in [0.2, 0.25) is 0 Å². The van der Waals surface area contributed by atoms with Gasteiger partial charge in [-0.3, -0.25) is 0 Å². The van der Waals surface area contributed by atoms with Crippen LogP contribution in [0.2, 0.25) is 0 Å². The van der Waals surface area contributed by atoms with Crippen molar-refractivity contribution >= 4 is 11.4 Å². The largest absolute Gasteiger partial charge is 1.00 e. The summed E-state index contributed by atoms with van der Waals surface area (Å²) < 4.78 is 0.802. The fraction of sp³-hybridized carbons (Fsp3) is 0.500. The van der Waals surface area contributed by atoms with Crippen molar-refractivity contribution < 1.29 is 26.6 Å². The number of hydrogen-bond acceptors (Lipinski definition) is 3. The monoisotopic (exact) mass is 303 g/mol. The number of aliphatic hydroxyl groups is 1. The Hall–Kier alpha value is -0.780. The van der Waals surface area contributed by atoms with Crippen LogP contribution in [0.15, 0.2) is 24.3 Å². The number of benzene rings is 1. The molecule has 4 nitrogen and oxygen atoms in total. The number of rotatable bonds is 6. The maximum atomic E-state index is 8.91. The lowest BCUT2D eigenvalue weighted by atomic mass is 10.2. The molecule has 1 aromatic carbocycles. The lowest BCUT2D eigenvalue weighted by Gasteiger charge is -2.29. The molecular weight excluding hydrogens is 282 g/mol. The highest BCUT2D eigenvalue weighted by atomic mass is 79.9. The van der Waals surface area contributed by atoms with Crippen LogP contribution in [0.1, 0.15) is 0 Å². The molecule has 1 rings (SSSR count). The van der Waals surface area contributed by atoms with Crippen molar-refractivity contribution in [3.05, 3.63) is 24.3 Å². The van der Waals surface area contributed by atoms with E-state index in [2.05, 4.69) is 19.4 Å². The van der Waals surface area contributed by atoms with E-state index in [1.54, 1.807) is 0 Å². The summed E-state index contributed by atoms with van der Waals surface area (Å²) in [7, 11) is 4.21. The molecule has 0 spiro atoms. The molecule has 5 heteroatoms. The topological polar surface area (TPSA) is 58.3 Å². The summed E-state index contributed by atoms with van der Waals surface area (Å²) in [4.78, 5) is 0. The summed E-state index contributed by atoms with van der Waals surface area (Å²) in [5.74, 6) is 0.